The minimum absolute atomic E-state index is 0.150. The van der Waals surface area contributed by atoms with Gasteiger partial charge in [0, 0.05) is 25.0 Å². The van der Waals surface area contributed by atoms with Crippen LogP contribution < -0.4 is 0 Å². The molecule has 3 aliphatic rings. The maximum atomic E-state index is 13.5. The van der Waals surface area contributed by atoms with E-state index in [-0.39, 0.29) is 29.9 Å². The average molecular weight is 537 g/mol. The molecule has 0 spiro atoms. The molecular weight excluding hydrogens is 508 g/mol. The maximum Gasteiger partial charge on any atom is 0.349 e. The standard InChI is InChI=1S/C28H28N2O5S2/c1-29(12-13-30-25(31)18-6-2-3-7-19(18)26(30)32)24-17-10-11-20(24)21(16-17)35-27(33)28(34,22-8-4-14-36-22)23-9-5-15-37-23/h2-9,14-15,17,20-21,24,34H,10-13,16H2,1H3/t17-,20+,21+,24?/m0/s1. The number of hydrogen-bond acceptors (Lipinski definition) is 8. The summed E-state index contributed by atoms with van der Waals surface area (Å²) in [6, 6.07) is 14.3. The highest BCUT2D eigenvalue weighted by Gasteiger charge is 2.53. The van der Waals surface area contributed by atoms with E-state index >= 15 is 0 Å². The first-order chi connectivity index (χ1) is 17.9. The van der Waals surface area contributed by atoms with Gasteiger partial charge in [0.05, 0.1) is 20.9 Å². The lowest BCUT2D eigenvalue weighted by atomic mass is 9.96. The fourth-order valence-corrected chi connectivity index (χ4v) is 8.13. The summed E-state index contributed by atoms with van der Waals surface area (Å²) >= 11 is 2.67. The van der Waals surface area contributed by atoms with Crippen molar-refractivity contribution in [3.8, 4) is 0 Å². The highest BCUT2D eigenvalue weighted by molar-refractivity contribution is 7.12. The lowest BCUT2D eigenvalue weighted by molar-refractivity contribution is -0.170. The predicted octanol–water partition coefficient (Wildman–Crippen LogP) is 3.98. The Balaban J connectivity index is 1.13. The molecule has 2 saturated carbocycles. The number of thiophene rings is 2. The first-order valence-electron chi connectivity index (χ1n) is 12.6. The third-order valence-electron chi connectivity index (χ3n) is 8.18. The van der Waals surface area contributed by atoms with Crippen molar-refractivity contribution in [1.29, 1.82) is 0 Å². The molecule has 2 fully saturated rings. The zero-order valence-corrected chi connectivity index (χ0v) is 22.0. The van der Waals surface area contributed by atoms with E-state index in [4.69, 9.17) is 4.74 Å². The molecule has 1 aliphatic heterocycles. The molecule has 9 heteroatoms. The smallest absolute Gasteiger partial charge is 0.349 e. The number of likely N-dealkylation sites (N-methyl/N-ethyl adjacent to an activating group) is 1. The van der Waals surface area contributed by atoms with Crippen LogP contribution in [0.1, 0.15) is 49.7 Å². The number of benzene rings is 1. The molecule has 2 aromatic heterocycles. The van der Waals surface area contributed by atoms with Crippen LogP contribution in [0.15, 0.2) is 59.3 Å². The van der Waals surface area contributed by atoms with Crippen LogP contribution in [-0.4, -0.2) is 65.0 Å². The van der Waals surface area contributed by atoms with Crippen LogP contribution in [0.3, 0.4) is 0 Å². The summed E-state index contributed by atoms with van der Waals surface area (Å²) in [6.07, 6.45) is 2.48. The molecule has 1 N–H and O–H groups in total. The summed E-state index contributed by atoms with van der Waals surface area (Å²) in [4.78, 5) is 43.6. The van der Waals surface area contributed by atoms with Crippen molar-refractivity contribution in [2.24, 2.45) is 11.8 Å². The van der Waals surface area contributed by atoms with Gasteiger partial charge in [-0.05, 0) is 67.3 Å². The number of fused-ring (bicyclic) bond motifs is 3. The highest BCUT2D eigenvalue weighted by atomic mass is 32.1. The van der Waals surface area contributed by atoms with Gasteiger partial charge in [-0.15, -0.1) is 22.7 Å². The molecule has 7 nitrogen and oxygen atoms in total. The molecule has 0 saturated heterocycles. The normalized spacial score (nSPS) is 24.8. The number of ether oxygens (including phenoxy) is 1. The Morgan fingerprint density at radius 2 is 1.65 bits per heavy atom. The summed E-state index contributed by atoms with van der Waals surface area (Å²) in [6.45, 7) is 0.873. The number of esters is 1. The van der Waals surface area contributed by atoms with Gasteiger partial charge < -0.3 is 14.7 Å². The second-order valence-corrected chi connectivity index (χ2v) is 12.0. The zero-order chi connectivity index (χ0) is 25.7. The molecule has 6 rings (SSSR count). The Bertz CT molecular complexity index is 1250. The number of carbonyl (C=O) groups excluding carboxylic acids is 3. The van der Waals surface area contributed by atoms with Crippen molar-refractivity contribution in [1.82, 2.24) is 9.80 Å². The van der Waals surface area contributed by atoms with Gasteiger partial charge in [-0.25, -0.2) is 4.79 Å². The van der Waals surface area contributed by atoms with Crippen LogP contribution >= 0.6 is 22.7 Å². The molecule has 37 heavy (non-hydrogen) atoms. The summed E-state index contributed by atoms with van der Waals surface area (Å²) in [5.41, 5.74) is -0.879. The quantitative estimate of drug-likeness (QED) is 0.346. The molecule has 2 amide bonds. The SMILES string of the molecule is CN(CCN1C(=O)c2ccccc2C1=O)C1[C@H]2CC[C@@H]1[C@H](OC(=O)C(O)(c1cccs1)c1cccs1)C2. The van der Waals surface area contributed by atoms with Crippen molar-refractivity contribution in [3.63, 3.8) is 0 Å². The lowest BCUT2D eigenvalue weighted by Crippen LogP contribution is -2.44. The molecule has 3 heterocycles. The number of rotatable bonds is 8. The van der Waals surface area contributed by atoms with E-state index in [9.17, 15) is 19.5 Å². The minimum atomic E-state index is -1.81. The van der Waals surface area contributed by atoms with Gasteiger partial charge in [0.1, 0.15) is 6.10 Å². The topological polar surface area (TPSA) is 87.2 Å². The second-order valence-electron chi connectivity index (χ2n) is 10.1. The van der Waals surface area contributed by atoms with E-state index in [0.717, 1.165) is 19.3 Å². The van der Waals surface area contributed by atoms with E-state index in [1.165, 1.54) is 27.6 Å². The predicted molar refractivity (Wildman–Crippen MR) is 141 cm³/mol. The number of aliphatic hydroxyl groups is 1. The molecule has 3 aromatic rings. The summed E-state index contributed by atoms with van der Waals surface area (Å²) in [5, 5.41) is 15.3. The third-order valence-corrected chi connectivity index (χ3v) is 10.1. The van der Waals surface area contributed by atoms with Crippen LogP contribution in [0.4, 0.5) is 0 Å². The molecule has 1 aromatic carbocycles. The van der Waals surface area contributed by atoms with Gasteiger partial charge in [-0.3, -0.25) is 14.5 Å². The molecule has 192 valence electrons. The monoisotopic (exact) mass is 536 g/mol. The van der Waals surface area contributed by atoms with Gasteiger partial charge in [0.25, 0.3) is 11.8 Å². The van der Waals surface area contributed by atoms with E-state index in [1.54, 1.807) is 36.4 Å². The molecule has 4 atom stereocenters. The van der Waals surface area contributed by atoms with E-state index < -0.39 is 11.6 Å². The first-order valence-corrected chi connectivity index (χ1v) is 14.3. The second kappa shape index (κ2) is 9.47. The number of amides is 2. The molecule has 0 radical (unpaired) electrons. The van der Waals surface area contributed by atoms with Crippen LogP contribution in [0.5, 0.6) is 0 Å². The number of hydrogen-bond donors (Lipinski definition) is 1. The molecule has 2 bridgehead atoms. The Labute approximate surface area is 223 Å². The van der Waals surface area contributed by atoms with Gasteiger partial charge in [0.15, 0.2) is 0 Å². The van der Waals surface area contributed by atoms with Gasteiger partial charge in [-0.1, -0.05) is 24.3 Å². The fourth-order valence-electron chi connectivity index (χ4n) is 6.42. The molecule has 2 aliphatic carbocycles. The van der Waals surface area contributed by atoms with Crippen LogP contribution in [0, 0.1) is 11.8 Å². The third kappa shape index (κ3) is 3.96. The fraction of sp³-hybridized carbons (Fsp3) is 0.393. The zero-order valence-electron chi connectivity index (χ0n) is 20.4. The Kier molecular flexibility index (Phi) is 6.27. The van der Waals surface area contributed by atoms with E-state index in [1.807, 2.05) is 29.9 Å². The summed E-state index contributed by atoms with van der Waals surface area (Å²) in [5.74, 6) is -0.584. The summed E-state index contributed by atoms with van der Waals surface area (Å²) in [7, 11) is 2.02. The Morgan fingerprint density at radius 1 is 1.03 bits per heavy atom. The van der Waals surface area contributed by atoms with Crippen LogP contribution in [0.2, 0.25) is 0 Å². The van der Waals surface area contributed by atoms with Crippen LogP contribution in [0.25, 0.3) is 0 Å². The number of imide groups is 1. The van der Waals surface area contributed by atoms with Gasteiger partial charge >= 0.3 is 5.97 Å². The van der Waals surface area contributed by atoms with Crippen molar-refractivity contribution in [3.05, 3.63) is 80.2 Å². The summed E-state index contributed by atoms with van der Waals surface area (Å²) < 4.78 is 6.07. The lowest BCUT2D eigenvalue weighted by Gasteiger charge is -2.31. The maximum absolute atomic E-state index is 13.5. The van der Waals surface area contributed by atoms with Crippen LogP contribution in [-0.2, 0) is 15.1 Å². The molecule has 1 unspecified atom stereocenters. The van der Waals surface area contributed by atoms with E-state index in [2.05, 4.69) is 4.90 Å². The van der Waals surface area contributed by atoms with E-state index in [0.29, 0.717) is 39.9 Å². The Hall–Kier alpha value is -2.85. The number of carbonyl (C=O) groups is 3. The van der Waals surface area contributed by atoms with Crippen molar-refractivity contribution in [2.45, 2.75) is 37.0 Å². The van der Waals surface area contributed by atoms with Crippen molar-refractivity contribution < 1.29 is 24.2 Å². The van der Waals surface area contributed by atoms with Crippen molar-refractivity contribution >= 4 is 40.5 Å². The van der Waals surface area contributed by atoms with Gasteiger partial charge in [-0.2, -0.15) is 0 Å². The highest BCUT2D eigenvalue weighted by Crippen LogP contribution is 2.49. The average Bonchev–Trinajstić information content (AvgIpc) is 3.74. The first kappa shape index (κ1) is 24.5. The van der Waals surface area contributed by atoms with Gasteiger partial charge in [0.2, 0.25) is 5.60 Å². The number of nitrogens with zero attached hydrogens (tertiary/aromatic N) is 2. The van der Waals surface area contributed by atoms with Crippen molar-refractivity contribution in [2.75, 3.05) is 20.1 Å². The Morgan fingerprint density at radius 3 is 2.22 bits per heavy atom. The largest absolute Gasteiger partial charge is 0.459 e. The minimum Gasteiger partial charge on any atom is -0.459 e. The molecular formula is C28H28N2O5S2.